The minimum absolute atomic E-state index is 0.0171. The van der Waals surface area contributed by atoms with Crippen molar-refractivity contribution in [2.45, 2.75) is 44.2 Å². The third-order valence-corrected chi connectivity index (χ3v) is 4.84. The lowest BCUT2D eigenvalue weighted by Gasteiger charge is -2.34. The Morgan fingerprint density at radius 1 is 1.22 bits per heavy atom. The van der Waals surface area contributed by atoms with Crippen molar-refractivity contribution in [3.63, 3.8) is 0 Å². The van der Waals surface area contributed by atoms with E-state index in [2.05, 4.69) is 9.55 Å². The molecule has 23 heavy (non-hydrogen) atoms. The molecule has 2 fully saturated rings. The maximum atomic E-state index is 12.5. The highest BCUT2D eigenvalue weighted by atomic mass is 16.3. The van der Waals surface area contributed by atoms with Crippen molar-refractivity contribution in [2.24, 2.45) is 0 Å². The van der Waals surface area contributed by atoms with Gasteiger partial charge >= 0.3 is 0 Å². The van der Waals surface area contributed by atoms with E-state index in [1.807, 2.05) is 17.4 Å². The summed E-state index contributed by atoms with van der Waals surface area (Å²) in [5, 5.41) is 9.77. The Hall–Kier alpha value is -1.89. The lowest BCUT2D eigenvalue weighted by molar-refractivity contribution is -0.145. The van der Waals surface area contributed by atoms with Gasteiger partial charge in [-0.25, -0.2) is 4.98 Å². The van der Waals surface area contributed by atoms with Gasteiger partial charge in [0, 0.05) is 38.1 Å². The summed E-state index contributed by atoms with van der Waals surface area (Å²) in [7, 11) is 0. The Kier molecular flexibility index (Phi) is 4.95. The molecule has 1 aromatic heterocycles. The largest absolute Gasteiger partial charge is 0.383 e. The van der Waals surface area contributed by atoms with Gasteiger partial charge in [0.1, 0.15) is 6.10 Å². The van der Waals surface area contributed by atoms with Crippen molar-refractivity contribution in [3.05, 3.63) is 18.7 Å². The summed E-state index contributed by atoms with van der Waals surface area (Å²) < 4.78 is 2.09. The first-order valence-electron chi connectivity index (χ1n) is 8.37. The van der Waals surface area contributed by atoms with E-state index in [1.54, 1.807) is 6.20 Å². The number of imidazole rings is 1. The fourth-order valence-corrected chi connectivity index (χ4v) is 3.40. The minimum Gasteiger partial charge on any atom is -0.383 e. The van der Waals surface area contributed by atoms with Crippen LogP contribution in [-0.4, -0.2) is 68.6 Å². The molecule has 0 aliphatic carbocycles. The van der Waals surface area contributed by atoms with Gasteiger partial charge in [-0.15, -0.1) is 0 Å². The molecule has 126 valence electrons. The molecule has 2 aliphatic rings. The molecule has 1 atom stereocenters. The smallest absolute Gasteiger partial charge is 0.251 e. The second-order valence-corrected chi connectivity index (χ2v) is 6.39. The molecule has 0 bridgehead atoms. The summed E-state index contributed by atoms with van der Waals surface area (Å²) in [5.74, 6) is -0.319. The van der Waals surface area contributed by atoms with E-state index >= 15 is 0 Å². The summed E-state index contributed by atoms with van der Waals surface area (Å²) in [6.07, 6.45) is 8.58. The van der Waals surface area contributed by atoms with Crippen LogP contribution in [0.25, 0.3) is 0 Å². The first-order chi connectivity index (χ1) is 11.1. The van der Waals surface area contributed by atoms with Crippen LogP contribution in [0, 0.1) is 0 Å². The lowest BCUT2D eigenvalue weighted by Crippen LogP contribution is -2.47. The number of aliphatic hydroxyl groups excluding tert-OH is 1. The van der Waals surface area contributed by atoms with Crippen LogP contribution in [-0.2, 0) is 9.59 Å². The van der Waals surface area contributed by atoms with Gasteiger partial charge in [-0.1, -0.05) is 0 Å². The van der Waals surface area contributed by atoms with Crippen LogP contribution in [0.1, 0.15) is 38.1 Å². The summed E-state index contributed by atoms with van der Waals surface area (Å²) in [5.41, 5.74) is 0. The minimum atomic E-state index is -0.947. The van der Waals surface area contributed by atoms with Gasteiger partial charge in [0.2, 0.25) is 5.91 Å². The van der Waals surface area contributed by atoms with E-state index in [9.17, 15) is 14.7 Å². The highest BCUT2D eigenvalue weighted by molar-refractivity contribution is 5.87. The number of rotatable bonds is 3. The number of likely N-dealkylation sites (tertiary alicyclic amines) is 2. The zero-order valence-corrected chi connectivity index (χ0v) is 13.3. The Labute approximate surface area is 135 Å². The van der Waals surface area contributed by atoms with Crippen LogP contribution in [0.2, 0.25) is 0 Å². The number of piperidine rings is 1. The zero-order chi connectivity index (χ0) is 16.2. The van der Waals surface area contributed by atoms with Crippen molar-refractivity contribution in [1.82, 2.24) is 19.4 Å². The number of aliphatic hydroxyl groups is 1. The van der Waals surface area contributed by atoms with Crippen LogP contribution in [0.4, 0.5) is 0 Å². The van der Waals surface area contributed by atoms with Crippen LogP contribution in [0.3, 0.4) is 0 Å². The van der Waals surface area contributed by atoms with E-state index in [4.69, 9.17) is 0 Å². The molecule has 0 aromatic carbocycles. The van der Waals surface area contributed by atoms with Crippen LogP contribution in [0.15, 0.2) is 18.7 Å². The molecular formula is C16H24N4O3. The SMILES string of the molecule is O=C(CN1CCCCC(O)C1=O)N1CCC(n2ccnc2)CC1. The Bertz CT molecular complexity index is 538. The average molecular weight is 320 g/mol. The quantitative estimate of drug-likeness (QED) is 0.875. The summed E-state index contributed by atoms with van der Waals surface area (Å²) >= 11 is 0. The van der Waals surface area contributed by atoms with Gasteiger partial charge in [-0.3, -0.25) is 9.59 Å². The van der Waals surface area contributed by atoms with Crippen molar-refractivity contribution >= 4 is 11.8 Å². The molecule has 3 rings (SSSR count). The van der Waals surface area contributed by atoms with E-state index in [1.165, 1.54) is 4.90 Å². The molecule has 3 heterocycles. The molecule has 1 unspecified atom stereocenters. The molecule has 0 saturated carbocycles. The fourth-order valence-electron chi connectivity index (χ4n) is 3.40. The Morgan fingerprint density at radius 3 is 2.70 bits per heavy atom. The predicted octanol–water partition coefficient (Wildman–Crippen LogP) is 0.420. The van der Waals surface area contributed by atoms with E-state index in [0.29, 0.717) is 32.1 Å². The van der Waals surface area contributed by atoms with Gasteiger partial charge in [-0.2, -0.15) is 0 Å². The number of nitrogens with zero attached hydrogens (tertiary/aromatic N) is 4. The van der Waals surface area contributed by atoms with E-state index in [0.717, 1.165) is 25.7 Å². The number of hydrogen-bond acceptors (Lipinski definition) is 4. The second-order valence-electron chi connectivity index (χ2n) is 6.39. The molecule has 7 heteroatoms. The summed E-state index contributed by atoms with van der Waals surface area (Å²) in [6, 6.07) is 0.392. The molecule has 0 spiro atoms. The number of carbonyl (C=O) groups is 2. The third-order valence-electron chi connectivity index (χ3n) is 4.84. The topological polar surface area (TPSA) is 78.7 Å². The molecule has 2 saturated heterocycles. The van der Waals surface area contributed by atoms with Gasteiger partial charge < -0.3 is 19.5 Å². The Morgan fingerprint density at radius 2 is 2.00 bits per heavy atom. The molecule has 2 amide bonds. The van der Waals surface area contributed by atoms with Crippen molar-refractivity contribution in [2.75, 3.05) is 26.2 Å². The van der Waals surface area contributed by atoms with Crippen LogP contribution in [0.5, 0.6) is 0 Å². The summed E-state index contributed by atoms with van der Waals surface area (Å²) in [6.45, 7) is 2.05. The van der Waals surface area contributed by atoms with E-state index < -0.39 is 6.10 Å². The van der Waals surface area contributed by atoms with Crippen molar-refractivity contribution in [3.8, 4) is 0 Å². The van der Waals surface area contributed by atoms with E-state index in [-0.39, 0.29) is 18.4 Å². The molecule has 0 radical (unpaired) electrons. The number of aromatic nitrogens is 2. The molecule has 1 aromatic rings. The van der Waals surface area contributed by atoms with Gasteiger partial charge in [0.15, 0.2) is 0 Å². The predicted molar refractivity (Wildman–Crippen MR) is 83.5 cm³/mol. The highest BCUT2D eigenvalue weighted by Crippen LogP contribution is 2.22. The molecular weight excluding hydrogens is 296 g/mol. The molecule has 2 aliphatic heterocycles. The van der Waals surface area contributed by atoms with Gasteiger partial charge in [0.05, 0.1) is 12.9 Å². The standard InChI is InChI=1S/C16H24N4O3/c21-14-3-1-2-7-19(16(14)23)11-15(22)18-8-4-13(5-9-18)20-10-6-17-12-20/h6,10,12-14,21H,1-5,7-9,11H2. The molecule has 7 nitrogen and oxygen atoms in total. The summed E-state index contributed by atoms with van der Waals surface area (Å²) in [4.78, 5) is 31.9. The highest BCUT2D eigenvalue weighted by Gasteiger charge is 2.29. The van der Waals surface area contributed by atoms with Gasteiger partial charge in [0.25, 0.3) is 5.91 Å². The third kappa shape index (κ3) is 3.72. The first kappa shape index (κ1) is 16.0. The number of amides is 2. The Balaban J connectivity index is 1.52. The fraction of sp³-hybridized carbons (Fsp3) is 0.688. The van der Waals surface area contributed by atoms with Crippen molar-refractivity contribution < 1.29 is 14.7 Å². The normalized spacial score (nSPS) is 23.9. The van der Waals surface area contributed by atoms with Crippen LogP contribution >= 0.6 is 0 Å². The maximum absolute atomic E-state index is 12.5. The van der Waals surface area contributed by atoms with Crippen molar-refractivity contribution in [1.29, 1.82) is 0 Å². The zero-order valence-electron chi connectivity index (χ0n) is 13.3. The monoisotopic (exact) mass is 320 g/mol. The maximum Gasteiger partial charge on any atom is 0.251 e. The second kappa shape index (κ2) is 7.12. The first-order valence-corrected chi connectivity index (χ1v) is 8.37. The number of carbonyl (C=O) groups excluding carboxylic acids is 2. The van der Waals surface area contributed by atoms with Gasteiger partial charge in [-0.05, 0) is 32.1 Å². The van der Waals surface area contributed by atoms with Crippen LogP contribution < -0.4 is 0 Å². The lowest BCUT2D eigenvalue weighted by atomic mass is 10.0. The number of hydrogen-bond donors (Lipinski definition) is 1. The molecule has 1 N–H and O–H groups in total. The average Bonchev–Trinajstić information content (AvgIpc) is 3.06.